The minimum absolute atomic E-state index is 0.186. The molecule has 1 unspecified atom stereocenters. The van der Waals surface area contributed by atoms with Crippen molar-refractivity contribution in [2.45, 2.75) is 32.2 Å². The summed E-state index contributed by atoms with van der Waals surface area (Å²) in [6.07, 6.45) is 3.88. The van der Waals surface area contributed by atoms with Crippen LogP contribution in [0.3, 0.4) is 0 Å². The Morgan fingerprint density at radius 2 is 2.00 bits per heavy atom. The van der Waals surface area contributed by atoms with E-state index in [1.54, 1.807) is 0 Å². The second kappa shape index (κ2) is 3.62. The zero-order chi connectivity index (χ0) is 10.1. The fourth-order valence-corrected chi connectivity index (χ4v) is 2.11. The molecule has 1 saturated carbocycles. The molecule has 0 bridgehead atoms. The van der Waals surface area contributed by atoms with E-state index in [9.17, 15) is 0 Å². The van der Waals surface area contributed by atoms with Crippen LogP contribution < -0.4 is 11.5 Å². The SMILES string of the molecule is Cc1cc(N)cc(C(N)C2CCC2)c1. The van der Waals surface area contributed by atoms with Crippen LogP contribution in [0.5, 0.6) is 0 Å². The Kier molecular flexibility index (Phi) is 2.46. The zero-order valence-corrected chi connectivity index (χ0v) is 8.66. The van der Waals surface area contributed by atoms with Gasteiger partial charge in [0.2, 0.25) is 0 Å². The van der Waals surface area contributed by atoms with E-state index in [0.29, 0.717) is 5.92 Å². The topological polar surface area (TPSA) is 52.0 Å². The fraction of sp³-hybridized carbons (Fsp3) is 0.500. The summed E-state index contributed by atoms with van der Waals surface area (Å²) in [5.74, 6) is 0.677. The van der Waals surface area contributed by atoms with E-state index in [1.165, 1.54) is 30.4 Å². The van der Waals surface area contributed by atoms with Crippen LogP contribution in [0.4, 0.5) is 5.69 Å². The van der Waals surface area contributed by atoms with Crippen LogP contribution in [0.2, 0.25) is 0 Å². The van der Waals surface area contributed by atoms with Gasteiger partial charge in [0.25, 0.3) is 0 Å². The molecule has 4 N–H and O–H groups in total. The first-order valence-corrected chi connectivity index (χ1v) is 5.29. The zero-order valence-electron chi connectivity index (χ0n) is 8.66. The largest absolute Gasteiger partial charge is 0.399 e. The van der Waals surface area contributed by atoms with Crippen LogP contribution in [0.1, 0.15) is 36.4 Å². The smallest absolute Gasteiger partial charge is 0.0324 e. The van der Waals surface area contributed by atoms with Gasteiger partial charge in [-0.1, -0.05) is 12.5 Å². The fourth-order valence-electron chi connectivity index (χ4n) is 2.11. The number of nitrogen functional groups attached to an aromatic ring is 1. The third kappa shape index (κ3) is 1.75. The van der Waals surface area contributed by atoms with Gasteiger partial charge in [-0.05, 0) is 48.9 Å². The van der Waals surface area contributed by atoms with E-state index in [1.807, 2.05) is 12.1 Å². The van der Waals surface area contributed by atoms with Crippen LogP contribution in [0, 0.1) is 12.8 Å². The van der Waals surface area contributed by atoms with Gasteiger partial charge in [0.05, 0.1) is 0 Å². The molecule has 0 saturated heterocycles. The van der Waals surface area contributed by atoms with E-state index in [0.717, 1.165) is 5.69 Å². The molecular weight excluding hydrogens is 172 g/mol. The van der Waals surface area contributed by atoms with Gasteiger partial charge in [0, 0.05) is 11.7 Å². The first-order chi connectivity index (χ1) is 6.66. The monoisotopic (exact) mass is 190 g/mol. The van der Waals surface area contributed by atoms with Gasteiger partial charge < -0.3 is 11.5 Å². The molecule has 1 aliphatic rings. The summed E-state index contributed by atoms with van der Waals surface area (Å²) in [6, 6.07) is 6.33. The maximum atomic E-state index is 6.18. The maximum absolute atomic E-state index is 6.18. The highest BCUT2D eigenvalue weighted by Crippen LogP contribution is 2.36. The quantitative estimate of drug-likeness (QED) is 0.703. The van der Waals surface area contributed by atoms with Gasteiger partial charge >= 0.3 is 0 Å². The lowest BCUT2D eigenvalue weighted by atomic mass is 9.77. The van der Waals surface area contributed by atoms with Gasteiger partial charge in [-0.2, -0.15) is 0 Å². The molecule has 0 radical (unpaired) electrons. The third-order valence-electron chi connectivity index (χ3n) is 3.16. The number of anilines is 1. The van der Waals surface area contributed by atoms with Crippen molar-refractivity contribution < 1.29 is 0 Å². The van der Waals surface area contributed by atoms with Crippen molar-refractivity contribution in [1.82, 2.24) is 0 Å². The second-order valence-corrected chi connectivity index (χ2v) is 4.39. The molecule has 0 aromatic heterocycles. The molecule has 2 nitrogen and oxygen atoms in total. The van der Waals surface area contributed by atoms with Crippen LogP contribution in [0.25, 0.3) is 0 Å². The highest BCUT2D eigenvalue weighted by atomic mass is 14.7. The standard InChI is InChI=1S/C12H18N2/c1-8-5-10(7-11(13)6-8)12(14)9-3-2-4-9/h5-7,9,12H,2-4,13-14H2,1H3. The van der Waals surface area contributed by atoms with E-state index in [4.69, 9.17) is 11.5 Å². The Bertz CT molecular complexity index is 309. The summed E-state index contributed by atoms with van der Waals surface area (Å²) in [7, 11) is 0. The predicted octanol–water partition coefficient (Wildman–Crippen LogP) is 2.38. The number of benzene rings is 1. The molecule has 0 amide bonds. The Labute approximate surface area is 85.3 Å². The van der Waals surface area contributed by atoms with Crippen LogP contribution >= 0.6 is 0 Å². The molecule has 0 spiro atoms. The van der Waals surface area contributed by atoms with Crippen molar-refractivity contribution in [3.63, 3.8) is 0 Å². The van der Waals surface area contributed by atoms with E-state index >= 15 is 0 Å². The highest BCUT2D eigenvalue weighted by Gasteiger charge is 2.25. The van der Waals surface area contributed by atoms with Gasteiger partial charge in [0.15, 0.2) is 0 Å². The van der Waals surface area contributed by atoms with Gasteiger partial charge in [-0.25, -0.2) is 0 Å². The number of nitrogens with two attached hydrogens (primary N) is 2. The normalized spacial score (nSPS) is 19.0. The number of aryl methyl sites for hydroxylation is 1. The average molecular weight is 190 g/mol. The van der Waals surface area contributed by atoms with Crippen molar-refractivity contribution in [2.75, 3.05) is 5.73 Å². The number of rotatable bonds is 2. The summed E-state index contributed by atoms with van der Waals surface area (Å²) in [6.45, 7) is 2.06. The lowest BCUT2D eigenvalue weighted by molar-refractivity contribution is 0.264. The molecule has 1 aliphatic carbocycles. The summed E-state index contributed by atoms with van der Waals surface area (Å²) >= 11 is 0. The van der Waals surface area contributed by atoms with Crippen molar-refractivity contribution in [1.29, 1.82) is 0 Å². The highest BCUT2D eigenvalue weighted by molar-refractivity contribution is 5.45. The molecule has 1 aromatic carbocycles. The summed E-state index contributed by atoms with van der Waals surface area (Å²) < 4.78 is 0. The molecule has 1 aromatic rings. The Morgan fingerprint density at radius 1 is 1.29 bits per heavy atom. The molecule has 14 heavy (non-hydrogen) atoms. The second-order valence-electron chi connectivity index (χ2n) is 4.39. The lowest BCUT2D eigenvalue weighted by Gasteiger charge is -2.31. The summed E-state index contributed by atoms with van der Waals surface area (Å²) in [5, 5.41) is 0. The number of hydrogen-bond acceptors (Lipinski definition) is 2. The van der Waals surface area contributed by atoms with Crippen molar-refractivity contribution >= 4 is 5.69 Å². The van der Waals surface area contributed by atoms with Gasteiger partial charge in [0.1, 0.15) is 0 Å². The molecule has 0 heterocycles. The van der Waals surface area contributed by atoms with Crippen molar-refractivity contribution in [3.8, 4) is 0 Å². The molecule has 2 rings (SSSR count). The van der Waals surface area contributed by atoms with E-state index < -0.39 is 0 Å². The van der Waals surface area contributed by atoms with Crippen molar-refractivity contribution in [2.24, 2.45) is 11.7 Å². The van der Waals surface area contributed by atoms with Crippen LogP contribution in [-0.2, 0) is 0 Å². The van der Waals surface area contributed by atoms with Crippen LogP contribution in [0.15, 0.2) is 18.2 Å². The maximum Gasteiger partial charge on any atom is 0.0324 e. The van der Waals surface area contributed by atoms with E-state index in [-0.39, 0.29) is 6.04 Å². The predicted molar refractivity (Wildman–Crippen MR) is 59.9 cm³/mol. The first-order valence-electron chi connectivity index (χ1n) is 5.29. The Hall–Kier alpha value is -1.02. The molecule has 1 atom stereocenters. The molecule has 2 heteroatoms. The summed E-state index contributed by atoms with van der Waals surface area (Å²) in [4.78, 5) is 0. The molecule has 1 fully saturated rings. The molecule has 76 valence electrons. The Morgan fingerprint density at radius 3 is 2.50 bits per heavy atom. The average Bonchev–Trinajstić information content (AvgIpc) is 1.98. The summed E-state index contributed by atoms with van der Waals surface area (Å²) in [5.41, 5.74) is 15.2. The van der Waals surface area contributed by atoms with Crippen LogP contribution in [-0.4, -0.2) is 0 Å². The Balaban J connectivity index is 2.21. The van der Waals surface area contributed by atoms with E-state index in [2.05, 4.69) is 13.0 Å². The molecule has 0 aliphatic heterocycles. The lowest BCUT2D eigenvalue weighted by Crippen LogP contribution is -2.26. The molecular formula is C12H18N2. The van der Waals surface area contributed by atoms with Crippen molar-refractivity contribution in [3.05, 3.63) is 29.3 Å². The minimum atomic E-state index is 0.186. The minimum Gasteiger partial charge on any atom is -0.399 e. The number of hydrogen-bond donors (Lipinski definition) is 2. The van der Waals surface area contributed by atoms with Gasteiger partial charge in [-0.3, -0.25) is 0 Å². The third-order valence-corrected chi connectivity index (χ3v) is 3.16. The van der Waals surface area contributed by atoms with Gasteiger partial charge in [-0.15, -0.1) is 0 Å². The first kappa shape index (κ1) is 9.53.